The average molecular weight is 265 g/mol. The first-order valence-electron chi connectivity index (χ1n) is 6.06. The molecule has 3 rings (SSSR count). The van der Waals surface area contributed by atoms with Crippen molar-refractivity contribution in [3.8, 4) is 0 Å². The predicted octanol–water partition coefficient (Wildman–Crippen LogP) is 1.77. The van der Waals surface area contributed by atoms with Gasteiger partial charge in [-0.25, -0.2) is 4.39 Å². The summed E-state index contributed by atoms with van der Waals surface area (Å²) in [5, 5.41) is 3.88. The highest BCUT2D eigenvalue weighted by Gasteiger charge is 2.50. The highest BCUT2D eigenvalue weighted by Crippen LogP contribution is 2.38. The fourth-order valence-electron chi connectivity index (χ4n) is 2.94. The van der Waals surface area contributed by atoms with Gasteiger partial charge in [-0.05, 0) is 43.5 Å². The fraction of sp³-hybridized carbons (Fsp3) is 0.462. The molecule has 0 bridgehead atoms. The lowest BCUT2D eigenvalue weighted by molar-refractivity contribution is -0.0726. The monoisotopic (exact) mass is 265 g/mol. The number of hydrogen-bond donors (Lipinski definition) is 1. The van der Waals surface area contributed by atoms with Gasteiger partial charge in [0.1, 0.15) is 5.82 Å². The third-order valence-electron chi connectivity index (χ3n) is 3.65. The Morgan fingerprint density at radius 3 is 2.39 bits per heavy atom. The highest BCUT2D eigenvalue weighted by atomic mass is 32.1. The van der Waals surface area contributed by atoms with Gasteiger partial charge < -0.3 is 15.1 Å². The smallest absolute Gasteiger partial charge is 0.173 e. The topological polar surface area (TPSA) is 18.5 Å². The third-order valence-corrected chi connectivity index (χ3v) is 4.01. The van der Waals surface area contributed by atoms with Crippen molar-refractivity contribution in [2.75, 3.05) is 38.5 Å². The molecule has 18 heavy (non-hydrogen) atoms. The molecular formula is C13H16FN3S. The van der Waals surface area contributed by atoms with Gasteiger partial charge in [-0.1, -0.05) is 0 Å². The van der Waals surface area contributed by atoms with E-state index in [1.807, 2.05) is 0 Å². The van der Waals surface area contributed by atoms with Crippen LogP contribution in [-0.2, 0) is 0 Å². The van der Waals surface area contributed by atoms with Gasteiger partial charge in [0.25, 0.3) is 0 Å². The van der Waals surface area contributed by atoms with Gasteiger partial charge in [-0.3, -0.25) is 0 Å². The summed E-state index contributed by atoms with van der Waals surface area (Å²) in [5.41, 5.74) is 1.32. The first-order valence-corrected chi connectivity index (χ1v) is 6.47. The van der Waals surface area contributed by atoms with E-state index in [-0.39, 0.29) is 5.82 Å². The molecule has 1 N–H and O–H groups in total. The van der Waals surface area contributed by atoms with Crippen LogP contribution in [0.4, 0.5) is 10.1 Å². The molecule has 2 aliphatic heterocycles. The van der Waals surface area contributed by atoms with Gasteiger partial charge in [0.05, 0.1) is 0 Å². The standard InChI is InChI=1S/C13H16FN3S/c1-16-6-13(7-16)8-17(9-13)12(18)15-11-4-2-10(14)3-5-11/h2-5H,6-9H2,1H3,(H,15,18). The van der Waals surface area contributed by atoms with Crippen molar-refractivity contribution >= 4 is 23.0 Å². The van der Waals surface area contributed by atoms with Crippen molar-refractivity contribution in [3.63, 3.8) is 0 Å². The van der Waals surface area contributed by atoms with E-state index in [9.17, 15) is 4.39 Å². The molecule has 1 aromatic rings. The molecule has 0 amide bonds. The Morgan fingerprint density at radius 2 is 1.83 bits per heavy atom. The Bertz CT molecular complexity index is 460. The van der Waals surface area contributed by atoms with Gasteiger partial charge >= 0.3 is 0 Å². The van der Waals surface area contributed by atoms with Crippen LogP contribution in [0, 0.1) is 11.2 Å². The first-order chi connectivity index (χ1) is 8.56. The number of hydrogen-bond acceptors (Lipinski definition) is 2. The molecule has 5 heteroatoms. The van der Waals surface area contributed by atoms with E-state index >= 15 is 0 Å². The van der Waals surface area contributed by atoms with Crippen LogP contribution in [0.15, 0.2) is 24.3 Å². The summed E-state index contributed by atoms with van der Waals surface area (Å²) in [7, 11) is 2.14. The minimum atomic E-state index is -0.230. The summed E-state index contributed by atoms with van der Waals surface area (Å²) < 4.78 is 12.8. The number of benzene rings is 1. The number of halogens is 1. The summed E-state index contributed by atoms with van der Waals surface area (Å²) in [5.74, 6) is -0.230. The van der Waals surface area contributed by atoms with E-state index in [0.29, 0.717) is 5.41 Å². The van der Waals surface area contributed by atoms with E-state index in [2.05, 4.69) is 22.2 Å². The summed E-state index contributed by atoms with van der Waals surface area (Å²) in [6.45, 7) is 4.40. The van der Waals surface area contributed by atoms with Crippen molar-refractivity contribution in [3.05, 3.63) is 30.1 Å². The molecule has 0 unspecified atom stereocenters. The Balaban J connectivity index is 1.53. The Morgan fingerprint density at radius 1 is 1.22 bits per heavy atom. The lowest BCUT2D eigenvalue weighted by atomic mass is 9.73. The summed E-state index contributed by atoms with van der Waals surface area (Å²) >= 11 is 5.35. The van der Waals surface area contributed by atoms with Gasteiger partial charge in [0, 0.05) is 37.3 Å². The Labute approximate surface area is 112 Å². The lowest BCUT2D eigenvalue weighted by Gasteiger charge is -2.60. The zero-order valence-electron chi connectivity index (χ0n) is 10.3. The molecule has 2 aliphatic rings. The maximum atomic E-state index is 12.8. The summed E-state index contributed by atoms with van der Waals surface area (Å²) in [6.07, 6.45) is 0. The highest BCUT2D eigenvalue weighted by molar-refractivity contribution is 7.80. The number of anilines is 1. The maximum absolute atomic E-state index is 12.8. The molecule has 0 aromatic heterocycles. The Kier molecular flexibility index (Phi) is 2.75. The SMILES string of the molecule is CN1CC2(C1)CN(C(=S)Nc1ccc(F)cc1)C2. The van der Waals surface area contributed by atoms with E-state index in [1.54, 1.807) is 12.1 Å². The maximum Gasteiger partial charge on any atom is 0.173 e. The molecule has 0 aliphatic carbocycles. The first kappa shape index (κ1) is 11.9. The average Bonchev–Trinajstić information content (AvgIpc) is 2.24. The number of likely N-dealkylation sites (tertiary alicyclic amines) is 2. The van der Waals surface area contributed by atoms with Crippen molar-refractivity contribution in [1.29, 1.82) is 0 Å². The normalized spacial score (nSPS) is 21.3. The second-order valence-electron chi connectivity index (χ2n) is 5.47. The largest absolute Gasteiger partial charge is 0.348 e. The molecule has 0 saturated carbocycles. The summed E-state index contributed by atoms with van der Waals surface area (Å²) in [4.78, 5) is 4.50. The van der Waals surface area contributed by atoms with Crippen LogP contribution in [0.1, 0.15) is 0 Å². The summed E-state index contributed by atoms with van der Waals surface area (Å²) in [6, 6.07) is 6.27. The van der Waals surface area contributed by atoms with Crippen LogP contribution in [0.2, 0.25) is 0 Å². The van der Waals surface area contributed by atoms with Crippen molar-refractivity contribution in [2.24, 2.45) is 5.41 Å². The lowest BCUT2D eigenvalue weighted by Crippen LogP contribution is -2.72. The zero-order valence-corrected chi connectivity index (χ0v) is 11.1. The van der Waals surface area contributed by atoms with Crippen LogP contribution < -0.4 is 5.32 Å². The number of nitrogens with zero attached hydrogens (tertiary/aromatic N) is 2. The third kappa shape index (κ3) is 2.08. The van der Waals surface area contributed by atoms with Crippen LogP contribution >= 0.6 is 12.2 Å². The van der Waals surface area contributed by atoms with Gasteiger partial charge in [0.15, 0.2) is 5.11 Å². The molecule has 0 radical (unpaired) electrons. The van der Waals surface area contributed by atoms with Crippen molar-refractivity contribution in [2.45, 2.75) is 0 Å². The number of thiocarbonyl (C=S) groups is 1. The molecule has 96 valence electrons. The quantitative estimate of drug-likeness (QED) is 0.780. The van der Waals surface area contributed by atoms with Gasteiger partial charge in [-0.2, -0.15) is 0 Å². The minimum absolute atomic E-state index is 0.230. The predicted molar refractivity (Wildman–Crippen MR) is 74.1 cm³/mol. The fourth-order valence-corrected chi connectivity index (χ4v) is 3.19. The minimum Gasteiger partial charge on any atom is -0.348 e. The Hall–Kier alpha value is -1.20. The van der Waals surface area contributed by atoms with Crippen molar-refractivity contribution < 1.29 is 4.39 Å². The zero-order chi connectivity index (χ0) is 12.8. The molecule has 0 atom stereocenters. The van der Waals surface area contributed by atoms with Crippen LogP contribution in [0.5, 0.6) is 0 Å². The van der Waals surface area contributed by atoms with Gasteiger partial charge in [0.2, 0.25) is 0 Å². The second-order valence-corrected chi connectivity index (χ2v) is 5.85. The molecule has 3 nitrogen and oxygen atoms in total. The number of nitrogens with one attached hydrogen (secondary N) is 1. The van der Waals surface area contributed by atoms with E-state index in [1.165, 1.54) is 25.2 Å². The van der Waals surface area contributed by atoms with Crippen LogP contribution in [0.3, 0.4) is 0 Å². The van der Waals surface area contributed by atoms with E-state index < -0.39 is 0 Å². The molecule has 2 heterocycles. The molecule has 1 spiro atoms. The molecule has 2 fully saturated rings. The molecule has 1 aromatic carbocycles. The number of rotatable bonds is 1. The van der Waals surface area contributed by atoms with E-state index in [0.717, 1.165) is 23.9 Å². The molecule has 2 saturated heterocycles. The van der Waals surface area contributed by atoms with Crippen LogP contribution in [-0.4, -0.2) is 48.1 Å². The van der Waals surface area contributed by atoms with Crippen molar-refractivity contribution in [1.82, 2.24) is 9.80 Å². The molecular weight excluding hydrogens is 249 g/mol. The van der Waals surface area contributed by atoms with E-state index in [4.69, 9.17) is 12.2 Å². The van der Waals surface area contributed by atoms with Gasteiger partial charge in [-0.15, -0.1) is 0 Å². The second kappa shape index (κ2) is 4.17. The van der Waals surface area contributed by atoms with Crippen LogP contribution in [0.25, 0.3) is 0 Å².